The van der Waals surface area contributed by atoms with Crippen molar-refractivity contribution in [3.8, 4) is 17.0 Å². The number of rotatable bonds is 7. The number of alkyl halides is 3. The number of nitrogens with zero attached hydrogens (tertiary/aromatic N) is 4. The van der Waals surface area contributed by atoms with E-state index in [2.05, 4.69) is 26.1 Å². The van der Waals surface area contributed by atoms with Gasteiger partial charge in [-0.15, -0.1) is 0 Å². The quantitative estimate of drug-likeness (QED) is 0.433. The SMILES string of the molecule is COc1ncc(-c2ccc3ncnc(NC4CCN(C(=O)C(N)C[Se]C)C4)c3c2)cc1C(F)(F)F. The fraction of sp³-hybridized carbons (Fsp3) is 0.391. The number of amides is 1. The van der Waals surface area contributed by atoms with E-state index in [0.717, 1.165) is 19.6 Å². The Hall–Kier alpha value is -2.95. The van der Waals surface area contributed by atoms with Gasteiger partial charge in [-0.2, -0.15) is 13.2 Å². The molecular weight excluding hydrogens is 528 g/mol. The predicted molar refractivity (Wildman–Crippen MR) is 127 cm³/mol. The number of fused-ring (bicyclic) bond motifs is 1. The number of nitrogens with one attached hydrogen (secondary N) is 1. The third-order valence-electron chi connectivity index (χ3n) is 5.82. The number of pyridine rings is 1. The van der Waals surface area contributed by atoms with Crippen molar-refractivity contribution in [2.75, 3.05) is 25.5 Å². The van der Waals surface area contributed by atoms with Crippen LogP contribution in [-0.4, -0.2) is 73.0 Å². The summed E-state index contributed by atoms with van der Waals surface area (Å²) < 4.78 is 45.2. The standard InChI is InChI=1S/C23H25F3N6O2Se/c1-34-21-17(23(24,25)26)8-14(9-28-21)13-3-4-19-16(7-13)20(30-12-29-19)31-15-5-6-32(10-15)22(33)18(27)11-35-2/h3-4,7-9,12,15,18H,5-6,10-11,27H2,1-2H3,(H,29,30,31). The maximum absolute atomic E-state index is 13.5. The number of ether oxygens (including phenoxy) is 1. The minimum absolute atomic E-state index is 0.0282. The normalized spacial score (nSPS) is 17.0. The van der Waals surface area contributed by atoms with E-state index >= 15 is 0 Å². The Balaban J connectivity index is 1.60. The van der Waals surface area contributed by atoms with E-state index < -0.39 is 23.7 Å². The van der Waals surface area contributed by atoms with Gasteiger partial charge in [-0.3, -0.25) is 0 Å². The summed E-state index contributed by atoms with van der Waals surface area (Å²) in [6, 6.07) is 5.67. The van der Waals surface area contributed by atoms with Gasteiger partial charge in [0, 0.05) is 6.20 Å². The predicted octanol–water partition coefficient (Wildman–Crippen LogP) is 3.23. The van der Waals surface area contributed by atoms with Crippen LogP contribution in [-0.2, 0) is 11.0 Å². The van der Waals surface area contributed by atoms with Crippen molar-refractivity contribution in [1.82, 2.24) is 19.9 Å². The topological polar surface area (TPSA) is 106 Å². The molecule has 4 rings (SSSR count). The summed E-state index contributed by atoms with van der Waals surface area (Å²) in [7, 11) is 1.15. The molecule has 1 aliphatic heterocycles. The zero-order valence-corrected chi connectivity index (χ0v) is 20.9. The van der Waals surface area contributed by atoms with Gasteiger partial charge in [0.2, 0.25) is 5.88 Å². The monoisotopic (exact) mass is 554 g/mol. The van der Waals surface area contributed by atoms with Crippen molar-refractivity contribution in [3.63, 3.8) is 0 Å². The van der Waals surface area contributed by atoms with Crippen molar-refractivity contribution >= 4 is 37.6 Å². The number of benzene rings is 1. The maximum atomic E-state index is 13.5. The number of methoxy groups -OCH3 is 1. The minimum atomic E-state index is -4.60. The first-order chi connectivity index (χ1) is 16.7. The zero-order valence-electron chi connectivity index (χ0n) is 19.2. The van der Waals surface area contributed by atoms with Crippen LogP contribution in [0.5, 0.6) is 5.88 Å². The molecule has 0 bridgehead atoms. The summed E-state index contributed by atoms with van der Waals surface area (Å²) >= 11 is 0.324. The number of likely N-dealkylation sites (tertiary alicyclic amines) is 1. The molecule has 35 heavy (non-hydrogen) atoms. The second kappa shape index (κ2) is 10.3. The number of anilines is 1. The number of nitrogens with two attached hydrogens (primary N) is 1. The number of carbonyl (C=O) groups excluding carboxylic acids is 1. The number of carbonyl (C=O) groups is 1. The Bertz CT molecular complexity index is 1230. The van der Waals surface area contributed by atoms with Crippen LogP contribution in [0.1, 0.15) is 12.0 Å². The van der Waals surface area contributed by atoms with Crippen LogP contribution in [0.15, 0.2) is 36.8 Å². The molecule has 0 aliphatic carbocycles. The van der Waals surface area contributed by atoms with E-state index in [-0.39, 0.29) is 11.9 Å². The number of aromatic nitrogens is 3. The fourth-order valence-corrected chi connectivity index (χ4v) is 5.14. The average Bonchev–Trinajstić information content (AvgIpc) is 3.31. The van der Waals surface area contributed by atoms with Crippen LogP contribution < -0.4 is 15.8 Å². The molecule has 1 aromatic carbocycles. The Morgan fingerprint density at radius 2 is 2.09 bits per heavy atom. The molecule has 0 radical (unpaired) electrons. The Labute approximate surface area is 206 Å². The third-order valence-corrected chi connectivity index (χ3v) is 7.28. The van der Waals surface area contributed by atoms with Gasteiger partial charge >= 0.3 is 153 Å². The van der Waals surface area contributed by atoms with E-state index in [4.69, 9.17) is 10.5 Å². The average molecular weight is 553 g/mol. The molecule has 0 spiro atoms. The summed E-state index contributed by atoms with van der Waals surface area (Å²) in [6.07, 6.45) is -1.10. The molecule has 2 atom stereocenters. The molecule has 3 N–H and O–H groups in total. The van der Waals surface area contributed by atoms with Crippen LogP contribution in [0.25, 0.3) is 22.0 Å². The third kappa shape index (κ3) is 5.50. The summed E-state index contributed by atoms with van der Waals surface area (Å²) in [5, 5.41) is 4.74. The van der Waals surface area contributed by atoms with Gasteiger partial charge in [0.25, 0.3) is 0 Å². The van der Waals surface area contributed by atoms with Gasteiger partial charge < -0.3 is 4.74 Å². The van der Waals surface area contributed by atoms with E-state index in [9.17, 15) is 18.0 Å². The smallest absolute Gasteiger partial charge is 0.166 e. The molecule has 186 valence electrons. The van der Waals surface area contributed by atoms with Crippen molar-refractivity contribution in [2.24, 2.45) is 5.73 Å². The first-order valence-electron chi connectivity index (χ1n) is 10.9. The minimum Gasteiger partial charge on any atom is -0.166 e. The van der Waals surface area contributed by atoms with Crippen LogP contribution in [0.3, 0.4) is 0 Å². The molecule has 8 nitrogen and oxygen atoms in total. The van der Waals surface area contributed by atoms with Crippen molar-refractivity contribution in [3.05, 3.63) is 42.4 Å². The largest absolute Gasteiger partial charge is 0.421 e. The number of hydrogen-bond donors (Lipinski definition) is 2. The van der Waals surface area contributed by atoms with Crippen LogP contribution in [0.4, 0.5) is 19.0 Å². The number of halogens is 3. The number of hydrogen-bond acceptors (Lipinski definition) is 7. The van der Waals surface area contributed by atoms with Crippen molar-refractivity contribution in [1.29, 1.82) is 0 Å². The molecule has 1 saturated heterocycles. The fourth-order valence-electron chi connectivity index (χ4n) is 4.08. The molecule has 0 saturated carbocycles. The van der Waals surface area contributed by atoms with Crippen LogP contribution >= 0.6 is 0 Å². The zero-order chi connectivity index (χ0) is 25.2. The molecule has 12 heteroatoms. The van der Waals surface area contributed by atoms with Crippen LogP contribution in [0.2, 0.25) is 11.1 Å². The van der Waals surface area contributed by atoms with Gasteiger partial charge in [-0.1, -0.05) is 0 Å². The second-order valence-electron chi connectivity index (χ2n) is 8.21. The molecule has 1 aliphatic rings. The van der Waals surface area contributed by atoms with Gasteiger partial charge in [-0.05, 0) is 6.07 Å². The van der Waals surface area contributed by atoms with Gasteiger partial charge in [-0.25, -0.2) is 4.98 Å². The van der Waals surface area contributed by atoms with E-state index in [0.29, 0.717) is 61.2 Å². The molecule has 3 aromatic rings. The van der Waals surface area contributed by atoms with E-state index in [1.165, 1.54) is 12.5 Å². The van der Waals surface area contributed by atoms with Gasteiger partial charge in [0.1, 0.15) is 5.56 Å². The molecule has 2 aromatic heterocycles. The first kappa shape index (κ1) is 25.2. The van der Waals surface area contributed by atoms with Gasteiger partial charge in [0.05, 0.1) is 7.11 Å². The second-order valence-corrected chi connectivity index (χ2v) is 10.1. The Morgan fingerprint density at radius 3 is 2.80 bits per heavy atom. The molecule has 2 unspecified atom stereocenters. The summed E-state index contributed by atoms with van der Waals surface area (Å²) in [5.74, 6) is 2.08. The molecular formula is C23H25F3N6O2Se. The Kier molecular flexibility index (Phi) is 7.44. The Morgan fingerprint density at radius 1 is 1.29 bits per heavy atom. The molecule has 3 heterocycles. The maximum Gasteiger partial charge on any atom is 0.421 e. The van der Waals surface area contributed by atoms with Gasteiger partial charge in [0.15, 0.2) is 0 Å². The molecule has 1 fully saturated rings. The van der Waals surface area contributed by atoms with Crippen molar-refractivity contribution < 1.29 is 22.7 Å². The summed E-state index contributed by atoms with van der Waals surface area (Å²) in [5.41, 5.74) is 6.53. The first-order valence-corrected chi connectivity index (χ1v) is 13.8. The van der Waals surface area contributed by atoms with Crippen molar-refractivity contribution in [2.45, 2.75) is 35.8 Å². The van der Waals surface area contributed by atoms with E-state index in [1.54, 1.807) is 23.1 Å². The van der Waals surface area contributed by atoms with Crippen LogP contribution in [0, 0.1) is 0 Å². The van der Waals surface area contributed by atoms with E-state index in [1.807, 2.05) is 0 Å². The molecule has 1 amide bonds. The summed E-state index contributed by atoms with van der Waals surface area (Å²) in [6.45, 7) is 1.11. The summed E-state index contributed by atoms with van der Waals surface area (Å²) in [4.78, 5) is 26.8.